The van der Waals surface area contributed by atoms with Crippen LogP contribution < -0.4 is 10.6 Å². The normalized spacial score (nSPS) is 13.2. The molecule has 1 rings (SSSR count). The molecule has 1 aromatic heterocycles. The second-order valence-corrected chi connectivity index (χ2v) is 4.20. The van der Waals surface area contributed by atoms with Crippen molar-refractivity contribution in [1.29, 1.82) is 0 Å². The Hall–Kier alpha value is -1.50. The number of aromatic nitrogens is 1. The molecule has 4 nitrogen and oxygen atoms in total. The van der Waals surface area contributed by atoms with E-state index >= 15 is 0 Å². The van der Waals surface area contributed by atoms with Gasteiger partial charge in [-0.25, -0.2) is 4.98 Å². The van der Waals surface area contributed by atoms with Gasteiger partial charge in [-0.1, -0.05) is 13.3 Å². The second-order valence-electron chi connectivity index (χ2n) is 4.20. The number of nitrogens with zero attached hydrogens (tertiary/aromatic N) is 1. The molecule has 1 heterocycles. The number of anilines is 2. The first-order valence-electron chi connectivity index (χ1n) is 6.05. The summed E-state index contributed by atoms with van der Waals surface area (Å²) in [5.41, 5.74) is -0.778. The van der Waals surface area contributed by atoms with Crippen molar-refractivity contribution >= 4 is 11.6 Å². The van der Waals surface area contributed by atoms with Gasteiger partial charge in [-0.3, -0.25) is 0 Å². The Kier molecular flexibility index (Phi) is 5.41. The molecule has 0 fully saturated rings. The van der Waals surface area contributed by atoms with Gasteiger partial charge in [0.25, 0.3) is 0 Å². The van der Waals surface area contributed by atoms with Crippen LogP contribution in [0, 0.1) is 0 Å². The summed E-state index contributed by atoms with van der Waals surface area (Å²) in [6.45, 7) is 2.09. The molecule has 0 aliphatic rings. The summed E-state index contributed by atoms with van der Waals surface area (Å²) < 4.78 is 38.0. The van der Waals surface area contributed by atoms with E-state index in [4.69, 9.17) is 0 Å². The minimum Gasteiger partial charge on any atom is -0.391 e. The zero-order chi connectivity index (χ0) is 14.5. The maximum Gasteiger partial charge on any atom is 0.416 e. The van der Waals surface area contributed by atoms with Crippen LogP contribution in [-0.2, 0) is 6.18 Å². The van der Waals surface area contributed by atoms with E-state index < -0.39 is 17.8 Å². The number of alkyl halides is 3. The van der Waals surface area contributed by atoms with Gasteiger partial charge in [0.1, 0.15) is 11.6 Å². The van der Waals surface area contributed by atoms with Gasteiger partial charge in [-0.05, 0) is 18.6 Å². The predicted octanol–water partition coefficient (Wildman–Crippen LogP) is 2.72. The van der Waals surface area contributed by atoms with Crippen molar-refractivity contribution in [3.05, 3.63) is 17.7 Å². The number of halogens is 3. The molecule has 0 aliphatic carbocycles. The van der Waals surface area contributed by atoms with Crippen molar-refractivity contribution < 1.29 is 18.3 Å². The van der Waals surface area contributed by atoms with Crippen molar-refractivity contribution in [2.24, 2.45) is 0 Å². The maximum atomic E-state index is 12.7. The SMILES string of the molecule is CCCC(O)CNc1cc(C(F)(F)F)cc(NC)n1. The molecule has 19 heavy (non-hydrogen) atoms. The molecule has 0 aromatic carbocycles. The average Bonchev–Trinajstić information content (AvgIpc) is 2.35. The Bertz CT molecular complexity index is 410. The Morgan fingerprint density at radius 1 is 1.32 bits per heavy atom. The molecule has 0 amide bonds. The quantitative estimate of drug-likeness (QED) is 0.748. The van der Waals surface area contributed by atoms with Gasteiger partial charge in [-0.15, -0.1) is 0 Å². The molecular formula is C12H18F3N3O. The number of nitrogens with one attached hydrogen (secondary N) is 2. The highest BCUT2D eigenvalue weighted by Gasteiger charge is 2.31. The highest BCUT2D eigenvalue weighted by molar-refractivity contribution is 5.49. The Labute approximate surface area is 110 Å². The Balaban J connectivity index is 2.83. The summed E-state index contributed by atoms with van der Waals surface area (Å²) in [5, 5.41) is 14.8. The van der Waals surface area contributed by atoms with Crippen molar-refractivity contribution in [3.63, 3.8) is 0 Å². The van der Waals surface area contributed by atoms with E-state index in [9.17, 15) is 18.3 Å². The van der Waals surface area contributed by atoms with Crippen LogP contribution in [0.1, 0.15) is 25.3 Å². The second kappa shape index (κ2) is 6.60. The molecule has 1 atom stereocenters. The van der Waals surface area contributed by atoms with Crippen LogP contribution in [0.5, 0.6) is 0 Å². The predicted molar refractivity (Wildman–Crippen MR) is 68.2 cm³/mol. The van der Waals surface area contributed by atoms with E-state index in [0.717, 1.165) is 18.6 Å². The number of hydrogen-bond acceptors (Lipinski definition) is 4. The van der Waals surface area contributed by atoms with Crippen LogP contribution in [-0.4, -0.2) is 29.8 Å². The number of pyridine rings is 1. The third kappa shape index (κ3) is 4.94. The molecule has 1 unspecified atom stereocenters. The molecule has 3 N–H and O–H groups in total. The molecule has 1 aromatic rings. The van der Waals surface area contributed by atoms with Gasteiger partial charge in [0.05, 0.1) is 11.7 Å². The lowest BCUT2D eigenvalue weighted by molar-refractivity contribution is -0.137. The standard InChI is InChI=1S/C12H18F3N3O/c1-3-4-9(19)7-17-11-6-8(12(13,14)15)5-10(16-2)18-11/h5-6,9,19H,3-4,7H2,1-2H3,(H2,16,17,18). The number of hydrogen-bond donors (Lipinski definition) is 3. The summed E-state index contributed by atoms with van der Waals surface area (Å²) in [6.07, 6.45) is -3.63. The van der Waals surface area contributed by atoms with E-state index in [2.05, 4.69) is 15.6 Å². The third-order valence-electron chi connectivity index (χ3n) is 2.55. The van der Waals surface area contributed by atoms with Gasteiger partial charge in [0, 0.05) is 13.6 Å². The Morgan fingerprint density at radius 2 is 1.95 bits per heavy atom. The summed E-state index contributed by atoms with van der Waals surface area (Å²) in [6, 6.07) is 1.87. The summed E-state index contributed by atoms with van der Waals surface area (Å²) in [4.78, 5) is 3.96. The van der Waals surface area contributed by atoms with E-state index in [1.165, 1.54) is 7.05 Å². The molecule has 0 spiro atoms. The van der Waals surface area contributed by atoms with Crippen LogP contribution in [0.25, 0.3) is 0 Å². The molecular weight excluding hydrogens is 259 g/mol. The first-order valence-corrected chi connectivity index (χ1v) is 6.05. The molecule has 0 radical (unpaired) electrons. The fraction of sp³-hybridized carbons (Fsp3) is 0.583. The van der Waals surface area contributed by atoms with Gasteiger partial charge >= 0.3 is 6.18 Å². The molecule has 0 bridgehead atoms. The minimum atomic E-state index is -4.42. The zero-order valence-corrected chi connectivity index (χ0v) is 10.9. The zero-order valence-electron chi connectivity index (χ0n) is 10.9. The minimum absolute atomic E-state index is 0.0920. The number of aliphatic hydroxyl groups excluding tert-OH is 1. The van der Waals surface area contributed by atoms with Crippen molar-refractivity contribution in [1.82, 2.24) is 4.98 Å². The highest BCUT2D eigenvalue weighted by atomic mass is 19.4. The largest absolute Gasteiger partial charge is 0.416 e. The summed E-state index contributed by atoms with van der Waals surface area (Å²) in [5.74, 6) is 0.219. The van der Waals surface area contributed by atoms with Gasteiger partial charge in [-0.2, -0.15) is 13.2 Å². The lowest BCUT2D eigenvalue weighted by Crippen LogP contribution is -2.20. The average molecular weight is 277 g/mol. The van der Waals surface area contributed by atoms with Crippen LogP contribution in [0.3, 0.4) is 0 Å². The van der Waals surface area contributed by atoms with Gasteiger partial charge in [0.2, 0.25) is 0 Å². The summed E-state index contributed by atoms with van der Waals surface area (Å²) in [7, 11) is 1.50. The third-order valence-corrected chi connectivity index (χ3v) is 2.55. The van der Waals surface area contributed by atoms with E-state index in [-0.39, 0.29) is 18.2 Å². The van der Waals surface area contributed by atoms with Crippen LogP contribution in [0.2, 0.25) is 0 Å². The topological polar surface area (TPSA) is 57.2 Å². The van der Waals surface area contributed by atoms with Crippen molar-refractivity contribution in [2.45, 2.75) is 32.0 Å². The first-order chi connectivity index (χ1) is 8.86. The number of aliphatic hydroxyl groups is 1. The van der Waals surface area contributed by atoms with Crippen molar-refractivity contribution in [2.75, 3.05) is 24.2 Å². The van der Waals surface area contributed by atoms with Gasteiger partial charge < -0.3 is 15.7 Å². The molecule has 0 aliphatic heterocycles. The van der Waals surface area contributed by atoms with E-state index in [1.54, 1.807) is 0 Å². The number of rotatable bonds is 6. The molecule has 108 valence electrons. The van der Waals surface area contributed by atoms with Crippen LogP contribution in [0.4, 0.5) is 24.8 Å². The van der Waals surface area contributed by atoms with E-state index in [0.29, 0.717) is 6.42 Å². The monoisotopic (exact) mass is 277 g/mol. The summed E-state index contributed by atoms with van der Waals surface area (Å²) >= 11 is 0. The maximum absolute atomic E-state index is 12.7. The van der Waals surface area contributed by atoms with Crippen molar-refractivity contribution in [3.8, 4) is 0 Å². The van der Waals surface area contributed by atoms with Crippen LogP contribution in [0.15, 0.2) is 12.1 Å². The smallest absolute Gasteiger partial charge is 0.391 e. The highest BCUT2D eigenvalue weighted by Crippen LogP contribution is 2.31. The first kappa shape index (κ1) is 15.6. The molecule has 7 heteroatoms. The Morgan fingerprint density at radius 3 is 2.47 bits per heavy atom. The van der Waals surface area contributed by atoms with Gasteiger partial charge in [0.15, 0.2) is 0 Å². The van der Waals surface area contributed by atoms with Crippen LogP contribution >= 0.6 is 0 Å². The fourth-order valence-electron chi connectivity index (χ4n) is 1.57. The molecule has 0 saturated heterocycles. The fourth-order valence-corrected chi connectivity index (χ4v) is 1.57. The molecule has 0 saturated carbocycles. The van der Waals surface area contributed by atoms with E-state index in [1.807, 2.05) is 6.92 Å². The lowest BCUT2D eigenvalue weighted by atomic mass is 10.2. The lowest BCUT2D eigenvalue weighted by Gasteiger charge is -2.14.